The summed E-state index contributed by atoms with van der Waals surface area (Å²) in [5.74, 6) is 0.885. The number of carbonyl (C=O) groups is 1. The van der Waals surface area contributed by atoms with Gasteiger partial charge in [0, 0.05) is 19.1 Å². The summed E-state index contributed by atoms with van der Waals surface area (Å²) in [6.07, 6.45) is 0.365. The largest absolute Gasteiger partial charge is 0.494 e. The van der Waals surface area contributed by atoms with Crippen LogP contribution in [-0.4, -0.2) is 25.6 Å². The summed E-state index contributed by atoms with van der Waals surface area (Å²) in [5.41, 5.74) is 0.701. The van der Waals surface area contributed by atoms with Gasteiger partial charge in [0.2, 0.25) is 0 Å². The first kappa shape index (κ1) is 12.7. The summed E-state index contributed by atoms with van der Waals surface area (Å²) in [4.78, 5) is 11.8. The first-order valence-corrected chi connectivity index (χ1v) is 5.46. The topological polar surface area (TPSA) is 35.5 Å². The van der Waals surface area contributed by atoms with Gasteiger partial charge < -0.3 is 9.47 Å². The zero-order valence-corrected chi connectivity index (χ0v) is 10.0. The minimum Gasteiger partial charge on any atom is -0.494 e. The molecule has 0 spiro atoms. The summed E-state index contributed by atoms with van der Waals surface area (Å²) in [6, 6.07) is 7.20. The molecule has 3 heteroatoms. The number of ether oxygens (including phenoxy) is 2. The standard InChI is InChI=1S/C13H18O3/c1-4-16-12-7-5-11(6-8-12)13(14)9-10(2)15-3/h5-8,10H,4,9H2,1-3H3. The molecule has 0 aliphatic heterocycles. The predicted molar refractivity (Wildman–Crippen MR) is 63.0 cm³/mol. The monoisotopic (exact) mass is 222 g/mol. The Morgan fingerprint density at radius 3 is 2.44 bits per heavy atom. The molecule has 0 fully saturated rings. The highest BCUT2D eigenvalue weighted by atomic mass is 16.5. The molecule has 0 amide bonds. The van der Waals surface area contributed by atoms with E-state index in [4.69, 9.17) is 9.47 Å². The van der Waals surface area contributed by atoms with Crippen molar-refractivity contribution in [1.29, 1.82) is 0 Å². The van der Waals surface area contributed by atoms with Gasteiger partial charge in [-0.1, -0.05) is 0 Å². The normalized spacial score (nSPS) is 12.2. The van der Waals surface area contributed by atoms with Crippen LogP contribution in [0.25, 0.3) is 0 Å². The Bertz CT molecular complexity index is 330. The van der Waals surface area contributed by atoms with E-state index in [1.807, 2.05) is 26.0 Å². The van der Waals surface area contributed by atoms with Crippen LogP contribution >= 0.6 is 0 Å². The van der Waals surface area contributed by atoms with Crippen LogP contribution in [0.3, 0.4) is 0 Å². The van der Waals surface area contributed by atoms with Gasteiger partial charge in [0.15, 0.2) is 5.78 Å². The van der Waals surface area contributed by atoms with Crippen molar-refractivity contribution < 1.29 is 14.3 Å². The second-order valence-corrected chi connectivity index (χ2v) is 3.63. The Labute approximate surface area is 96.4 Å². The minimum absolute atomic E-state index is 0.0425. The van der Waals surface area contributed by atoms with Crippen molar-refractivity contribution in [2.45, 2.75) is 26.4 Å². The van der Waals surface area contributed by atoms with Crippen LogP contribution < -0.4 is 4.74 Å². The van der Waals surface area contributed by atoms with E-state index < -0.39 is 0 Å². The number of ketones is 1. The molecule has 0 radical (unpaired) electrons. The smallest absolute Gasteiger partial charge is 0.165 e. The Kier molecular flexibility index (Phi) is 4.99. The van der Waals surface area contributed by atoms with Crippen LogP contribution in [0.4, 0.5) is 0 Å². The number of carbonyl (C=O) groups excluding carboxylic acids is 1. The average molecular weight is 222 g/mol. The molecule has 1 unspecified atom stereocenters. The zero-order valence-electron chi connectivity index (χ0n) is 10.0. The third-order valence-electron chi connectivity index (χ3n) is 2.36. The maximum Gasteiger partial charge on any atom is 0.165 e. The van der Waals surface area contributed by atoms with Crippen LogP contribution in [0.2, 0.25) is 0 Å². The number of benzene rings is 1. The van der Waals surface area contributed by atoms with Gasteiger partial charge in [-0.15, -0.1) is 0 Å². The summed E-state index contributed by atoms with van der Waals surface area (Å²) < 4.78 is 10.4. The molecule has 0 aromatic heterocycles. The molecule has 1 aromatic carbocycles. The second kappa shape index (κ2) is 6.28. The molecule has 88 valence electrons. The van der Waals surface area contributed by atoms with E-state index in [2.05, 4.69) is 0 Å². The maximum atomic E-state index is 11.8. The average Bonchev–Trinajstić information content (AvgIpc) is 2.30. The Morgan fingerprint density at radius 1 is 1.31 bits per heavy atom. The van der Waals surface area contributed by atoms with Gasteiger partial charge in [-0.25, -0.2) is 0 Å². The van der Waals surface area contributed by atoms with Crippen molar-refractivity contribution in [1.82, 2.24) is 0 Å². The summed E-state index contributed by atoms with van der Waals surface area (Å²) >= 11 is 0. The Hall–Kier alpha value is -1.35. The molecule has 0 bridgehead atoms. The van der Waals surface area contributed by atoms with E-state index in [9.17, 15) is 4.79 Å². The lowest BCUT2D eigenvalue weighted by molar-refractivity contribution is 0.0792. The maximum absolute atomic E-state index is 11.8. The molecule has 0 saturated carbocycles. The van der Waals surface area contributed by atoms with E-state index in [0.717, 1.165) is 5.75 Å². The van der Waals surface area contributed by atoms with Crippen LogP contribution in [0.1, 0.15) is 30.6 Å². The first-order chi connectivity index (χ1) is 7.67. The fraction of sp³-hybridized carbons (Fsp3) is 0.462. The molecule has 0 saturated heterocycles. The fourth-order valence-corrected chi connectivity index (χ4v) is 1.37. The van der Waals surface area contributed by atoms with E-state index >= 15 is 0 Å². The van der Waals surface area contributed by atoms with Crippen molar-refractivity contribution in [2.24, 2.45) is 0 Å². The van der Waals surface area contributed by atoms with Gasteiger partial charge in [-0.3, -0.25) is 4.79 Å². The van der Waals surface area contributed by atoms with E-state index in [1.165, 1.54) is 0 Å². The predicted octanol–water partition coefficient (Wildman–Crippen LogP) is 2.69. The summed E-state index contributed by atoms with van der Waals surface area (Å²) in [7, 11) is 1.61. The fourth-order valence-electron chi connectivity index (χ4n) is 1.37. The molecule has 0 heterocycles. The minimum atomic E-state index is -0.0425. The number of Topliss-reactive ketones (excluding diaryl/α,β-unsaturated/α-hetero) is 1. The molecule has 1 rings (SSSR count). The summed E-state index contributed by atoms with van der Waals surface area (Å²) in [5, 5.41) is 0. The van der Waals surface area contributed by atoms with E-state index in [1.54, 1.807) is 19.2 Å². The van der Waals surface area contributed by atoms with Crippen molar-refractivity contribution in [3.05, 3.63) is 29.8 Å². The van der Waals surface area contributed by atoms with Gasteiger partial charge >= 0.3 is 0 Å². The van der Waals surface area contributed by atoms with Gasteiger partial charge in [0.1, 0.15) is 5.75 Å². The van der Waals surface area contributed by atoms with Crippen LogP contribution in [0, 0.1) is 0 Å². The summed E-state index contributed by atoms with van der Waals surface area (Å²) in [6.45, 7) is 4.44. The molecule has 0 aliphatic rings. The lowest BCUT2D eigenvalue weighted by Gasteiger charge is -2.08. The zero-order chi connectivity index (χ0) is 12.0. The number of hydrogen-bond donors (Lipinski definition) is 0. The highest BCUT2D eigenvalue weighted by Gasteiger charge is 2.10. The van der Waals surface area contributed by atoms with Crippen LogP contribution in [0.5, 0.6) is 5.75 Å². The van der Waals surface area contributed by atoms with Crippen molar-refractivity contribution in [3.8, 4) is 5.75 Å². The first-order valence-electron chi connectivity index (χ1n) is 5.46. The highest BCUT2D eigenvalue weighted by molar-refractivity contribution is 5.96. The highest BCUT2D eigenvalue weighted by Crippen LogP contribution is 2.14. The third-order valence-corrected chi connectivity index (χ3v) is 2.36. The lowest BCUT2D eigenvalue weighted by Crippen LogP contribution is -2.12. The van der Waals surface area contributed by atoms with Gasteiger partial charge in [0.25, 0.3) is 0 Å². The van der Waals surface area contributed by atoms with Crippen molar-refractivity contribution in [2.75, 3.05) is 13.7 Å². The lowest BCUT2D eigenvalue weighted by atomic mass is 10.1. The molecular weight excluding hydrogens is 204 g/mol. The second-order valence-electron chi connectivity index (χ2n) is 3.63. The Morgan fingerprint density at radius 2 is 1.94 bits per heavy atom. The molecule has 0 N–H and O–H groups in total. The molecule has 1 aromatic rings. The van der Waals surface area contributed by atoms with Gasteiger partial charge in [0.05, 0.1) is 12.7 Å². The SMILES string of the molecule is CCOc1ccc(C(=O)CC(C)OC)cc1. The quantitative estimate of drug-likeness (QED) is 0.694. The van der Waals surface area contributed by atoms with Crippen LogP contribution in [-0.2, 0) is 4.74 Å². The van der Waals surface area contributed by atoms with Crippen LogP contribution in [0.15, 0.2) is 24.3 Å². The molecule has 0 aliphatic carbocycles. The van der Waals surface area contributed by atoms with Crippen molar-refractivity contribution in [3.63, 3.8) is 0 Å². The van der Waals surface area contributed by atoms with Gasteiger partial charge in [-0.05, 0) is 38.1 Å². The number of methoxy groups -OCH3 is 1. The number of rotatable bonds is 6. The molecule has 16 heavy (non-hydrogen) atoms. The molecule has 3 nitrogen and oxygen atoms in total. The van der Waals surface area contributed by atoms with E-state index in [-0.39, 0.29) is 11.9 Å². The number of hydrogen-bond acceptors (Lipinski definition) is 3. The third kappa shape index (κ3) is 3.66. The van der Waals surface area contributed by atoms with E-state index in [0.29, 0.717) is 18.6 Å². The Balaban J connectivity index is 2.63. The molecule has 1 atom stereocenters. The molecular formula is C13H18O3. The van der Waals surface area contributed by atoms with Gasteiger partial charge in [-0.2, -0.15) is 0 Å². The van der Waals surface area contributed by atoms with Crippen molar-refractivity contribution >= 4 is 5.78 Å².